The van der Waals surface area contributed by atoms with E-state index in [1.54, 1.807) is 7.11 Å². The van der Waals surface area contributed by atoms with Gasteiger partial charge in [0.05, 0.1) is 25.9 Å². The Bertz CT molecular complexity index is 505. The van der Waals surface area contributed by atoms with Gasteiger partial charge in [-0.3, -0.25) is 4.90 Å². The van der Waals surface area contributed by atoms with Crippen LogP contribution < -0.4 is 9.47 Å². The Morgan fingerprint density at radius 1 is 1.22 bits per heavy atom. The fraction of sp³-hybridized carbons (Fsp3) is 0.579. The second kappa shape index (κ2) is 8.94. The first-order chi connectivity index (χ1) is 11.1. The van der Waals surface area contributed by atoms with E-state index in [1.165, 1.54) is 0 Å². The lowest BCUT2D eigenvalue weighted by Gasteiger charge is -2.35. The van der Waals surface area contributed by atoms with Crippen molar-refractivity contribution >= 4 is 6.08 Å². The van der Waals surface area contributed by atoms with Crippen LogP contribution in [0.5, 0.6) is 11.5 Å². The number of allylic oxidation sites excluding steroid dienone is 1. The highest BCUT2D eigenvalue weighted by atomic mass is 16.5. The highest BCUT2D eigenvalue weighted by Gasteiger charge is 2.21. The average Bonchev–Trinajstić information content (AvgIpc) is 2.52. The first-order valence-corrected chi connectivity index (χ1v) is 8.43. The SMILES string of the molecule is CC=Cc1ccc(OCCCN2CC(C)OC(C)C2)c(OC)c1. The summed E-state index contributed by atoms with van der Waals surface area (Å²) in [5.41, 5.74) is 1.12. The second-order valence-corrected chi connectivity index (χ2v) is 6.13. The topological polar surface area (TPSA) is 30.9 Å². The Hall–Kier alpha value is -1.52. The number of rotatable bonds is 7. The van der Waals surface area contributed by atoms with Crippen molar-refractivity contribution < 1.29 is 14.2 Å². The van der Waals surface area contributed by atoms with Gasteiger partial charge in [-0.25, -0.2) is 0 Å². The fourth-order valence-electron chi connectivity index (χ4n) is 3.04. The van der Waals surface area contributed by atoms with E-state index in [9.17, 15) is 0 Å². The first kappa shape index (κ1) is 17.8. The van der Waals surface area contributed by atoms with E-state index in [4.69, 9.17) is 14.2 Å². The molecule has 1 aromatic rings. The molecule has 0 N–H and O–H groups in total. The van der Waals surface area contributed by atoms with E-state index in [1.807, 2.05) is 37.3 Å². The molecule has 1 aromatic carbocycles. The van der Waals surface area contributed by atoms with Crippen LogP contribution in [0.15, 0.2) is 24.3 Å². The summed E-state index contributed by atoms with van der Waals surface area (Å²) in [7, 11) is 1.68. The maximum Gasteiger partial charge on any atom is 0.161 e. The molecule has 1 heterocycles. The van der Waals surface area contributed by atoms with Crippen LogP contribution in [0.1, 0.15) is 32.8 Å². The third kappa shape index (κ3) is 5.56. The number of hydrogen-bond acceptors (Lipinski definition) is 4. The van der Waals surface area contributed by atoms with E-state index in [0.29, 0.717) is 18.8 Å². The summed E-state index contributed by atoms with van der Waals surface area (Å²) in [5.74, 6) is 1.60. The molecule has 0 aromatic heterocycles. The summed E-state index contributed by atoms with van der Waals surface area (Å²) in [6.07, 6.45) is 5.70. The zero-order valence-electron chi connectivity index (χ0n) is 14.7. The Kier molecular flexibility index (Phi) is 6.93. The van der Waals surface area contributed by atoms with Gasteiger partial charge in [0, 0.05) is 19.6 Å². The normalized spacial score (nSPS) is 22.4. The number of morpholine rings is 1. The second-order valence-electron chi connectivity index (χ2n) is 6.13. The van der Waals surface area contributed by atoms with Crippen LogP contribution in [0.25, 0.3) is 6.08 Å². The third-order valence-corrected chi connectivity index (χ3v) is 3.92. The average molecular weight is 319 g/mol. The van der Waals surface area contributed by atoms with Crippen LogP contribution >= 0.6 is 0 Å². The van der Waals surface area contributed by atoms with Gasteiger partial charge in [-0.15, -0.1) is 0 Å². The minimum atomic E-state index is 0.318. The zero-order chi connectivity index (χ0) is 16.7. The summed E-state index contributed by atoms with van der Waals surface area (Å²) >= 11 is 0. The fourth-order valence-corrected chi connectivity index (χ4v) is 3.04. The molecule has 1 saturated heterocycles. The van der Waals surface area contributed by atoms with Crippen molar-refractivity contribution in [1.82, 2.24) is 4.90 Å². The molecular formula is C19H29NO3. The van der Waals surface area contributed by atoms with Crippen LogP contribution in [0.2, 0.25) is 0 Å². The molecule has 4 heteroatoms. The molecule has 0 aliphatic carbocycles. The van der Waals surface area contributed by atoms with Gasteiger partial charge in [0.25, 0.3) is 0 Å². The molecule has 0 amide bonds. The predicted molar refractivity (Wildman–Crippen MR) is 94.3 cm³/mol. The van der Waals surface area contributed by atoms with Crippen LogP contribution in [0.3, 0.4) is 0 Å². The summed E-state index contributed by atoms with van der Waals surface area (Å²) in [4.78, 5) is 2.45. The number of benzene rings is 1. The minimum Gasteiger partial charge on any atom is -0.493 e. The molecule has 1 aliphatic heterocycles. The molecule has 0 bridgehead atoms. The molecule has 2 atom stereocenters. The molecule has 0 spiro atoms. The lowest BCUT2D eigenvalue weighted by Crippen LogP contribution is -2.45. The maximum atomic E-state index is 5.90. The number of hydrogen-bond donors (Lipinski definition) is 0. The highest BCUT2D eigenvalue weighted by Crippen LogP contribution is 2.28. The molecule has 128 valence electrons. The van der Waals surface area contributed by atoms with Crippen molar-refractivity contribution in [1.29, 1.82) is 0 Å². The zero-order valence-corrected chi connectivity index (χ0v) is 14.7. The summed E-state index contributed by atoms with van der Waals surface area (Å²) in [5, 5.41) is 0. The van der Waals surface area contributed by atoms with Crippen LogP contribution in [-0.4, -0.2) is 50.5 Å². The van der Waals surface area contributed by atoms with Crippen LogP contribution in [0.4, 0.5) is 0 Å². The van der Waals surface area contributed by atoms with Gasteiger partial charge in [-0.2, -0.15) is 0 Å². The molecule has 4 nitrogen and oxygen atoms in total. The molecule has 1 aliphatic rings. The van der Waals surface area contributed by atoms with Crippen molar-refractivity contribution in [3.8, 4) is 11.5 Å². The van der Waals surface area contributed by atoms with Gasteiger partial charge in [0.2, 0.25) is 0 Å². The number of methoxy groups -OCH3 is 1. The maximum absolute atomic E-state index is 5.90. The Morgan fingerprint density at radius 3 is 2.61 bits per heavy atom. The van der Waals surface area contributed by atoms with E-state index >= 15 is 0 Å². The Labute approximate surface area is 140 Å². The Balaban J connectivity index is 1.79. The summed E-state index contributed by atoms with van der Waals surface area (Å²) in [6, 6.07) is 6.02. The van der Waals surface area contributed by atoms with Gasteiger partial charge >= 0.3 is 0 Å². The number of ether oxygens (including phenoxy) is 3. The summed E-state index contributed by atoms with van der Waals surface area (Å²) < 4.78 is 17.1. The lowest BCUT2D eigenvalue weighted by molar-refractivity contribution is -0.0686. The van der Waals surface area contributed by atoms with Crippen LogP contribution in [-0.2, 0) is 4.74 Å². The van der Waals surface area contributed by atoms with Crippen molar-refractivity contribution in [2.24, 2.45) is 0 Å². The Morgan fingerprint density at radius 2 is 1.96 bits per heavy atom. The van der Waals surface area contributed by atoms with Gasteiger partial charge in [-0.1, -0.05) is 18.2 Å². The van der Waals surface area contributed by atoms with E-state index in [-0.39, 0.29) is 0 Å². The number of nitrogens with zero attached hydrogens (tertiary/aromatic N) is 1. The van der Waals surface area contributed by atoms with Gasteiger partial charge in [0.15, 0.2) is 11.5 Å². The standard InChI is InChI=1S/C19H29NO3/c1-5-7-17-8-9-18(19(12-17)21-4)22-11-6-10-20-13-15(2)23-16(3)14-20/h5,7-9,12,15-16H,6,10-11,13-14H2,1-4H3. The van der Waals surface area contributed by atoms with E-state index < -0.39 is 0 Å². The van der Waals surface area contributed by atoms with E-state index in [0.717, 1.165) is 43.1 Å². The molecule has 0 radical (unpaired) electrons. The quantitative estimate of drug-likeness (QED) is 0.719. The molecule has 0 saturated carbocycles. The largest absolute Gasteiger partial charge is 0.493 e. The predicted octanol–water partition coefficient (Wildman–Crippen LogP) is 3.61. The van der Waals surface area contributed by atoms with Gasteiger partial charge in [0.1, 0.15) is 0 Å². The van der Waals surface area contributed by atoms with Gasteiger partial charge in [-0.05, 0) is 44.9 Å². The van der Waals surface area contributed by atoms with Crippen molar-refractivity contribution in [2.45, 2.75) is 39.4 Å². The highest BCUT2D eigenvalue weighted by molar-refractivity contribution is 5.55. The molecule has 1 fully saturated rings. The molecule has 23 heavy (non-hydrogen) atoms. The van der Waals surface area contributed by atoms with Crippen molar-refractivity contribution in [2.75, 3.05) is 33.4 Å². The van der Waals surface area contributed by atoms with Crippen LogP contribution in [0, 0.1) is 0 Å². The third-order valence-electron chi connectivity index (χ3n) is 3.92. The van der Waals surface area contributed by atoms with Crippen molar-refractivity contribution in [3.05, 3.63) is 29.8 Å². The summed E-state index contributed by atoms with van der Waals surface area (Å²) in [6.45, 7) is 10.0. The molecular weight excluding hydrogens is 290 g/mol. The first-order valence-electron chi connectivity index (χ1n) is 8.43. The minimum absolute atomic E-state index is 0.318. The molecule has 2 rings (SSSR count). The lowest BCUT2D eigenvalue weighted by atomic mass is 10.2. The monoisotopic (exact) mass is 319 g/mol. The smallest absolute Gasteiger partial charge is 0.161 e. The van der Waals surface area contributed by atoms with E-state index in [2.05, 4.69) is 18.7 Å². The van der Waals surface area contributed by atoms with Crippen molar-refractivity contribution in [3.63, 3.8) is 0 Å². The van der Waals surface area contributed by atoms with Gasteiger partial charge < -0.3 is 14.2 Å². The molecule has 2 unspecified atom stereocenters.